The minimum atomic E-state index is -0.866. The first-order valence-electron chi connectivity index (χ1n) is 7.02. The number of carboxylic acids is 1. The van der Waals surface area contributed by atoms with E-state index in [9.17, 15) is 9.59 Å². The van der Waals surface area contributed by atoms with Crippen LogP contribution >= 0.6 is 11.3 Å². The minimum Gasteiger partial charge on any atom is -0.481 e. The van der Waals surface area contributed by atoms with E-state index in [1.807, 2.05) is 13.8 Å². The lowest BCUT2D eigenvalue weighted by molar-refractivity contribution is -0.140. The van der Waals surface area contributed by atoms with Gasteiger partial charge in [-0.25, -0.2) is 0 Å². The fraction of sp³-hybridized carbons (Fsp3) is 0.600. The Labute approximate surface area is 122 Å². The van der Waals surface area contributed by atoms with E-state index in [2.05, 4.69) is 16.8 Å². The van der Waals surface area contributed by atoms with Gasteiger partial charge in [0.15, 0.2) is 0 Å². The van der Waals surface area contributed by atoms with E-state index in [-0.39, 0.29) is 11.9 Å². The zero-order valence-corrected chi connectivity index (χ0v) is 12.5. The second-order valence-corrected chi connectivity index (χ2v) is 7.37. The van der Waals surface area contributed by atoms with Crippen molar-refractivity contribution in [2.24, 2.45) is 17.3 Å². The van der Waals surface area contributed by atoms with E-state index < -0.39 is 23.2 Å². The molecule has 2 aliphatic rings. The Kier molecular flexibility index (Phi) is 3.12. The monoisotopic (exact) mass is 293 g/mol. The van der Waals surface area contributed by atoms with Gasteiger partial charge in [0.1, 0.15) is 0 Å². The maximum Gasteiger partial charge on any atom is 0.307 e. The molecule has 0 radical (unpaired) electrons. The number of carbonyl (C=O) groups is 2. The van der Waals surface area contributed by atoms with E-state index in [0.29, 0.717) is 0 Å². The molecule has 3 rings (SSSR count). The predicted molar refractivity (Wildman–Crippen MR) is 76.5 cm³/mol. The van der Waals surface area contributed by atoms with Gasteiger partial charge in [0.05, 0.1) is 17.9 Å². The molecule has 0 spiro atoms. The molecule has 1 unspecified atom stereocenters. The Morgan fingerprint density at radius 2 is 2.15 bits per heavy atom. The third-order valence-electron chi connectivity index (χ3n) is 4.74. The molecule has 3 atom stereocenters. The summed E-state index contributed by atoms with van der Waals surface area (Å²) < 4.78 is 0. The first kappa shape index (κ1) is 13.6. The van der Waals surface area contributed by atoms with Crippen molar-refractivity contribution in [3.63, 3.8) is 0 Å². The van der Waals surface area contributed by atoms with Crippen LogP contribution in [-0.2, 0) is 16.0 Å². The lowest BCUT2D eigenvalue weighted by atomic mass is 9.93. The molecule has 2 aliphatic carbocycles. The molecule has 1 aromatic rings. The molecule has 0 bridgehead atoms. The fourth-order valence-electron chi connectivity index (χ4n) is 3.49. The number of carboxylic acid groups (broad SMARTS) is 1. The van der Waals surface area contributed by atoms with Crippen LogP contribution in [0.15, 0.2) is 11.4 Å². The van der Waals surface area contributed by atoms with Gasteiger partial charge in [-0.3, -0.25) is 9.59 Å². The quantitative estimate of drug-likeness (QED) is 0.900. The van der Waals surface area contributed by atoms with Gasteiger partial charge in [0, 0.05) is 4.88 Å². The van der Waals surface area contributed by atoms with Crippen LogP contribution in [0.2, 0.25) is 0 Å². The summed E-state index contributed by atoms with van der Waals surface area (Å²) in [7, 11) is 0. The van der Waals surface area contributed by atoms with Gasteiger partial charge in [0.25, 0.3) is 0 Å². The highest BCUT2D eigenvalue weighted by Crippen LogP contribution is 2.58. The highest BCUT2D eigenvalue weighted by Gasteiger charge is 2.66. The smallest absolute Gasteiger partial charge is 0.307 e. The number of hydrogen-bond donors (Lipinski definition) is 2. The van der Waals surface area contributed by atoms with Gasteiger partial charge in [-0.15, -0.1) is 11.3 Å². The Morgan fingerprint density at radius 1 is 1.40 bits per heavy atom. The van der Waals surface area contributed by atoms with Gasteiger partial charge in [-0.05, 0) is 41.7 Å². The van der Waals surface area contributed by atoms with Crippen molar-refractivity contribution < 1.29 is 14.7 Å². The molecule has 0 aromatic carbocycles. The van der Waals surface area contributed by atoms with E-state index in [1.54, 1.807) is 11.3 Å². The lowest BCUT2D eigenvalue weighted by Gasteiger charge is -2.24. The number of carbonyl (C=O) groups excluding carboxylic acids is 1. The Hall–Kier alpha value is -1.36. The molecule has 2 N–H and O–H groups in total. The second kappa shape index (κ2) is 4.58. The second-order valence-electron chi connectivity index (χ2n) is 6.37. The molecule has 1 saturated carbocycles. The Balaban J connectivity index is 1.72. The molecule has 0 aliphatic heterocycles. The summed E-state index contributed by atoms with van der Waals surface area (Å²) >= 11 is 1.74. The normalized spacial score (nSPS) is 30.4. The third-order valence-corrected chi connectivity index (χ3v) is 5.74. The summed E-state index contributed by atoms with van der Waals surface area (Å²) in [6, 6.07) is 2.14. The number of aryl methyl sites for hydroxylation is 1. The van der Waals surface area contributed by atoms with Crippen molar-refractivity contribution in [2.75, 3.05) is 0 Å². The van der Waals surface area contributed by atoms with Gasteiger partial charge in [0.2, 0.25) is 5.91 Å². The number of amides is 1. The minimum absolute atomic E-state index is 0.0587. The summed E-state index contributed by atoms with van der Waals surface area (Å²) in [5, 5.41) is 14.3. The first-order valence-corrected chi connectivity index (χ1v) is 7.90. The van der Waals surface area contributed by atoms with Crippen molar-refractivity contribution in [2.45, 2.75) is 39.2 Å². The van der Waals surface area contributed by atoms with Crippen LogP contribution in [0.1, 0.15) is 43.2 Å². The topological polar surface area (TPSA) is 66.4 Å². The molecule has 1 heterocycles. The zero-order valence-electron chi connectivity index (χ0n) is 11.7. The van der Waals surface area contributed by atoms with Crippen molar-refractivity contribution >= 4 is 23.2 Å². The average Bonchev–Trinajstić information content (AvgIpc) is 2.73. The largest absolute Gasteiger partial charge is 0.481 e. The van der Waals surface area contributed by atoms with Gasteiger partial charge >= 0.3 is 5.97 Å². The summed E-state index contributed by atoms with van der Waals surface area (Å²) in [5.41, 5.74) is 0.794. The van der Waals surface area contributed by atoms with Gasteiger partial charge in [-0.1, -0.05) is 13.8 Å². The Morgan fingerprint density at radius 3 is 2.80 bits per heavy atom. The average molecular weight is 293 g/mol. The maximum atomic E-state index is 12.4. The van der Waals surface area contributed by atoms with Crippen molar-refractivity contribution in [3.05, 3.63) is 21.9 Å². The molecule has 0 saturated heterocycles. The van der Waals surface area contributed by atoms with E-state index in [4.69, 9.17) is 5.11 Å². The van der Waals surface area contributed by atoms with E-state index in [1.165, 1.54) is 10.4 Å². The van der Waals surface area contributed by atoms with Gasteiger partial charge < -0.3 is 10.4 Å². The van der Waals surface area contributed by atoms with Crippen LogP contribution < -0.4 is 5.32 Å². The maximum absolute atomic E-state index is 12.4. The van der Waals surface area contributed by atoms with E-state index >= 15 is 0 Å². The number of rotatable bonds is 3. The molecule has 20 heavy (non-hydrogen) atoms. The zero-order chi connectivity index (χ0) is 14.5. The highest BCUT2D eigenvalue weighted by atomic mass is 32.1. The van der Waals surface area contributed by atoms with Crippen LogP contribution in [0.3, 0.4) is 0 Å². The number of aliphatic carboxylic acids is 1. The molecule has 1 amide bonds. The lowest BCUT2D eigenvalue weighted by Crippen LogP contribution is -2.33. The first-order chi connectivity index (χ1) is 9.43. The summed E-state index contributed by atoms with van der Waals surface area (Å²) in [6.45, 7) is 3.71. The van der Waals surface area contributed by atoms with Crippen LogP contribution in [0, 0.1) is 17.3 Å². The summed E-state index contributed by atoms with van der Waals surface area (Å²) in [6.07, 6.45) is 3.11. The van der Waals surface area contributed by atoms with Crippen LogP contribution in [0.25, 0.3) is 0 Å². The van der Waals surface area contributed by atoms with E-state index in [0.717, 1.165) is 19.3 Å². The molecule has 1 aromatic heterocycles. The SMILES string of the molecule is CC1(C)[C@H](C(=O)O)[C@@H]1C(=O)NC1CCCc2sccc21. The predicted octanol–water partition coefficient (Wildman–Crippen LogP) is 2.60. The van der Waals surface area contributed by atoms with Gasteiger partial charge in [-0.2, -0.15) is 0 Å². The summed E-state index contributed by atoms with van der Waals surface area (Å²) in [5.74, 6) is -1.92. The molecule has 4 nitrogen and oxygen atoms in total. The molecule has 1 fully saturated rings. The molecular weight excluding hydrogens is 274 g/mol. The number of hydrogen-bond acceptors (Lipinski definition) is 3. The molecular formula is C15H19NO3S. The van der Waals surface area contributed by atoms with Crippen LogP contribution in [0.4, 0.5) is 0 Å². The third kappa shape index (κ3) is 2.04. The van der Waals surface area contributed by atoms with Crippen molar-refractivity contribution in [3.8, 4) is 0 Å². The van der Waals surface area contributed by atoms with Crippen molar-refractivity contribution in [1.82, 2.24) is 5.32 Å². The number of thiophene rings is 1. The molecule has 108 valence electrons. The number of fused-ring (bicyclic) bond motifs is 1. The van der Waals surface area contributed by atoms with Crippen LogP contribution in [0.5, 0.6) is 0 Å². The molecule has 5 heteroatoms. The fourth-order valence-corrected chi connectivity index (χ4v) is 4.47. The van der Waals surface area contributed by atoms with Crippen molar-refractivity contribution in [1.29, 1.82) is 0 Å². The standard InChI is InChI=1S/C15H19NO3S/c1-15(2)11(12(15)14(18)19)13(17)16-9-4-3-5-10-8(9)6-7-20-10/h6-7,9,11-12H,3-5H2,1-2H3,(H,16,17)(H,18,19)/t9?,11-,12+/m1/s1. The summed E-state index contributed by atoms with van der Waals surface area (Å²) in [4.78, 5) is 24.9. The van der Waals surface area contributed by atoms with Crippen LogP contribution in [-0.4, -0.2) is 17.0 Å². The Bertz CT molecular complexity index is 563. The highest BCUT2D eigenvalue weighted by molar-refractivity contribution is 7.10. The number of nitrogens with one attached hydrogen (secondary N) is 1.